The van der Waals surface area contributed by atoms with Crippen molar-refractivity contribution in [2.75, 3.05) is 13.1 Å². The molecule has 1 aromatic heterocycles. The maximum atomic E-state index is 4.60. The van der Waals surface area contributed by atoms with Crippen LogP contribution in [0.25, 0.3) is 0 Å². The Hall–Kier alpha value is -0.870. The van der Waals surface area contributed by atoms with Crippen LogP contribution in [0.15, 0.2) is 6.07 Å². The molecule has 21 heavy (non-hydrogen) atoms. The van der Waals surface area contributed by atoms with Gasteiger partial charge in [-0.2, -0.15) is 5.10 Å². The molecule has 1 fully saturated rings. The fourth-order valence-corrected chi connectivity index (χ4v) is 3.30. The second-order valence-electron chi connectivity index (χ2n) is 7.23. The molecule has 0 radical (unpaired) electrons. The minimum atomic E-state index is 0.191. The summed E-state index contributed by atoms with van der Waals surface area (Å²) in [6.45, 7) is 14.6. The van der Waals surface area contributed by atoms with E-state index >= 15 is 0 Å². The summed E-state index contributed by atoms with van der Waals surface area (Å²) >= 11 is 0. The average Bonchev–Trinajstić information content (AvgIpc) is 2.78. The lowest BCUT2D eigenvalue weighted by Crippen LogP contribution is -2.62. The number of nitrogens with zero attached hydrogens (tertiary/aromatic N) is 3. The summed E-state index contributed by atoms with van der Waals surface area (Å²) in [5, 5.41) is 8.30. The Morgan fingerprint density at radius 3 is 2.71 bits per heavy atom. The lowest BCUT2D eigenvalue weighted by molar-refractivity contribution is 0.0552. The third-order valence-electron chi connectivity index (χ3n) is 4.91. The van der Waals surface area contributed by atoms with Gasteiger partial charge in [-0.25, -0.2) is 0 Å². The van der Waals surface area contributed by atoms with E-state index in [1.165, 1.54) is 17.8 Å². The number of aryl methyl sites for hydroxylation is 2. The molecule has 2 rings (SSSR count). The van der Waals surface area contributed by atoms with Crippen molar-refractivity contribution in [2.45, 2.75) is 65.6 Å². The van der Waals surface area contributed by atoms with Crippen molar-refractivity contribution < 1.29 is 0 Å². The summed E-state index contributed by atoms with van der Waals surface area (Å²) in [6.07, 6.45) is 2.24. The molecule has 1 aromatic rings. The molecule has 0 aromatic carbocycles. The van der Waals surface area contributed by atoms with Gasteiger partial charge in [-0.1, -0.05) is 27.2 Å². The van der Waals surface area contributed by atoms with E-state index in [9.17, 15) is 0 Å². The topological polar surface area (TPSA) is 33.1 Å². The number of piperazine rings is 1. The summed E-state index contributed by atoms with van der Waals surface area (Å²) in [5.41, 5.74) is 2.72. The van der Waals surface area contributed by atoms with Crippen LogP contribution in [-0.2, 0) is 20.0 Å². The van der Waals surface area contributed by atoms with E-state index in [-0.39, 0.29) is 5.54 Å². The quantitative estimate of drug-likeness (QED) is 0.905. The summed E-state index contributed by atoms with van der Waals surface area (Å²) < 4.78 is 2.06. The number of nitrogens with one attached hydrogen (secondary N) is 1. The molecule has 0 saturated carbocycles. The zero-order valence-electron chi connectivity index (χ0n) is 14.6. The molecule has 4 heteroatoms. The van der Waals surface area contributed by atoms with Crippen LogP contribution in [0.3, 0.4) is 0 Å². The Balaban J connectivity index is 2.17. The van der Waals surface area contributed by atoms with Crippen LogP contribution in [0.2, 0.25) is 0 Å². The molecule has 1 aliphatic rings. The van der Waals surface area contributed by atoms with Gasteiger partial charge in [0.05, 0.1) is 11.4 Å². The van der Waals surface area contributed by atoms with Gasteiger partial charge in [-0.05, 0) is 32.3 Å². The standard InChI is InChI=1S/C17H32N4/c1-7-13(3)16-10-18-17(4,5)12-21(16)11-15-9-14(8-2)19-20(15)6/h9,13,16,18H,7-8,10-12H2,1-6H3. The van der Waals surface area contributed by atoms with Crippen molar-refractivity contribution in [1.82, 2.24) is 20.0 Å². The molecular formula is C17H32N4. The van der Waals surface area contributed by atoms with Crippen LogP contribution in [0.1, 0.15) is 52.4 Å². The fraction of sp³-hybridized carbons (Fsp3) is 0.824. The summed E-state index contributed by atoms with van der Waals surface area (Å²) in [6, 6.07) is 2.88. The first-order valence-corrected chi connectivity index (χ1v) is 8.37. The van der Waals surface area contributed by atoms with Gasteiger partial charge in [0.1, 0.15) is 0 Å². The van der Waals surface area contributed by atoms with E-state index in [1.54, 1.807) is 0 Å². The molecule has 4 nitrogen and oxygen atoms in total. The van der Waals surface area contributed by atoms with E-state index in [0.717, 1.165) is 26.1 Å². The van der Waals surface area contributed by atoms with Crippen LogP contribution in [-0.4, -0.2) is 39.4 Å². The van der Waals surface area contributed by atoms with Gasteiger partial charge in [0.15, 0.2) is 0 Å². The highest BCUT2D eigenvalue weighted by molar-refractivity contribution is 5.11. The van der Waals surface area contributed by atoms with Gasteiger partial charge < -0.3 is 5.32 Å². The van der Waals surface area contributed by atoms with E-state index in [4.69, 9.17) is 0 Å². The van der Waals surface area contributed by atoms with Gasteiger partial charge in [0.25, 0.3) is 0 Å². The lowest BCUT2D eigenvalue weighted by Gasteiger charge is -2.46. The van der Waals surface area contributed by atoms with Crippen molar-refractivity contribution in [3.05, 3.63) is 17.5 Å². The highest BCUT2D eigenvalue weighted by Gasteiger charge is 2.34. The van der Waals surface area contributed by atoms with Crippen LogP contribution < -0.4 is 5.32 Å². The molecule has 2 heterocycles. The summed E-state index contributed by atoms with van der Waals surface area (Å²) in [5.74, 6) is 0.715. The van der Waals surface area contributed by atoms with Crippen LogP contribution in [0.5, 0.6) is 0 Å². The zero-order chi connectivity index (χ0) is 15.6. The first-order valence-electron chi connectivity index (χ1n) is 8.37. The summed E-state index contributed by atoms with van der Waals surface area (Å²) in [7, 11) is 2.07. The summed E-state index contributed by atoms with van der Waals surface area (Å²) in [4.78, 5) is 2.65. The van der Waals surface area contributed by atoms with E-state index in [1.807, 2.05) is 0 Å². The van der Waals surface area contributed by atoms with Crippen LogP contribution in [0, 0.1) is 5.92 Å². The molecule has 0 aliphatic carbocycles. The van der Waals surface area contributed by atoms with Gasteiger partial charge in [0.2, 0.25) is 0 Å². The van der Waals surface area contributed by atoms with E-state index < -0.39 is 0 Å². The molecule has 0 spiro atoms. The fourth-order valence-electron chi connectivity index (χ4n) is 3.30. The second-order valence-corrected chi connectivity index (χ2v) is 7.23. The second kappa shape index (κ2) is 6.49. The highest BCUT2D eigenvalue weighted by Crippen LogP contribution is 2.24. The molecule has 2 atom stereocenters. The number of hydrogen-bond acceptors (Lipinski definition) is 3. The predicted molar refractivity (Wildman–Crippen MR) is 88.3 cm³/mol. The monoisotopic (exact) mass is 292 g/mol. The molecule has 0 amide bonds. The largest absolute Gasteiger partial charge is 0.309 e. The Morgan fingerprint density at radius 2 is 2.14 bits per heavy atom. The molecule has 0 bridgehead atoms. The predicted octanol–water partition coefficient (Wildman–Crippen LogP) is 2.58. The van der Waals surface area contributed by atoms with Crippen molar-refractivity contribution >= 4 is 0 Å². The Morgan fingerprint density at radius 1 is 1.43 bits per heavy atom. The maximum Gasteiger partial charge on any atom is 0.0625 e. The average molecular weight is 292 g/mol. The van der Waals surface area contributed by atoms with Crippen LogP contribution in [0.4, 0.5) is 0 Å². The van der Waals surface area contributed by atoms with Crippen molar-refractivity contribution in [3.63, 3.8) is 0 Å². The first-order chi connectivity index (χ1) is 9.86. The third-order valence-corrected chi connectivity index (χ3v) is 4.91. The zero-order valence-corrected chi connectivity index (χ0v) is 14.6. The van der Waals surface area contributed by atoms with Gasteiger partial charge in [-0.3, -0.25) is 9.58 Å². The molecule has 1 aliphatic heterocycles. The normalized spacial score (nSPS) is 24.2. The van der Waals surface area contributed by atoms with Crippen molar-refractivity contribution in [1.29, 1.82) is 0 Å². The van der Waals surface area contributed by atoms with Crippen molar-refractivity contribution in [2.24, 2.45) is 13.0 Å². The Labute approximate surface area is 129 Å². The molecular weight excluding hydrogens is 260 g/mol. The number of hydrogen-bond donors (Lipinski definition) is 1. The Bertz CT molecular complexity index is 463. The molecule has 1 N–H and O–H groups in total. The number of aromatic nitrogens is 2. The smallest absolute Gasteiger partial charge is 0.0625 e. The van der Waals surface area contributed by atoms with Gasteiger partial charge >= 0.3 is 0 Å². The van der Waals surface area contributed by atoms with E-state index in [2.05, 4.69) is 67.7 Å². The Kier molecular flexibility index (Phi) is 5.10. The molecule has 120 valence electrons. The SMILES string of the molecule is CCc1cc(CN2CC(C)(C)NCC2C(C)CC)n(C)n1. The van der Waals surface area contributed by atoms with Crippen molar-refractivity contribution in [3.8, 4) is 0 Å². The number of rotatable bonds is 5. The highest BCUT2D eigenvalue weighted by atomic mass is 15.3. The first kappa shape index (κ1) is 16.5. The molecule has 2 unspecified atom stereocenters. The lowest BCUT2D eigenvalue weighted by atomic mass is 9.90. The molecule has 1 saturated heterocycles. The van der Waals surface area contributed by atoms with Gasteiger partial charge in [0, 0.05) is 38.3 Å². The third kappa shape index (κ3) is 3.86. The van der Waals surface area contributed by atoms with Crippen LogP contribution >= 0.6 is 0 Å². The minimum absolute atomic E-state index is 0.191. The maximum absolute atomic E-state index is 4.60. The van der Waals surface area contributed by atoms with E-state index in [0.29, 0.717) is 12.0 Å². The minimum Gasteiger partial charge on any atom is -0.309 e. The van der Waals surface area contributed by atoms with Gasteiger partial charge in [-0.15, -0.1) is 0 Å².